The molecule has 1 unspecified atom stereocenters. The molecule has 1 atom stereocenters. The van der Waals surface area contributed by atoms with Crippen LogP contribution < -0.4 is 0 Å². The van der Waals surface area contributed by atoms with Crippen molar-refractivity contribution in [3.8, 4) is 0 Å². The van der Waals surface area contributed by atoms with Gasteiger partial charge in [-0.05, 0) is 24.3 Å². The molecule has 0 radical (unpaired) electrons. The van der Waals surface area contributed by atoms with E-state index in [1.54, 1.807) is 36.0 Å². The molecule has 1 aromatic carbocycles. The van der Waals surface area contributed by atoms with E-state index in [2.05, 4.69) is 6.92 Å². The minimum absolute atomic E-state index is 0.196. The summed E-state index contributed by atoms with van der Waals surface area (Å²) in [5, 5.41) is -0.196. The Kier molecular flexibility index (Phi) is 4.88. The SMILES string of the molecule is CCCSCC(Cl)CN1C(=O)c2ccccc2C1=O. The summed E-state index contributed by atoms with van der Waals surface area (Å²) in [5.41, 5.74) is 0.968. The van der Waals surface area contributed by atoms with Gasteiger partial charge in [0, 0.05) is 12.3 Å². The van der Waals surface area contributed by atoms with Crippen LogP contribution in [0.15, 0.2) is 24.3 Å². The maximum absolute atomic E-state index is 12.1. The highest BCUT2D eigenvalue weighted by Gasteiger charge is 2.35. The fraction of sp³-hybridized carbons (Fsp3) is 0.429. The number of rotatable bonds is 6. The number of thioether (sulfide) groups is 1. The van der Waals surface area contributed by atoms with Gasteiger partial charge < -0.3 is 0 Å². The third kappa shape index (κ3) is 3.12. The van der Waals surface area contributed by atoms with Crippen LogP contribution in [0, 0.1) is 0 Å². The molecule has 19 heavy (non-hydrogen) atoms. The van der Waals surface area contributed by atoms with E-state index in [1.807, 2.05) is 0 Å². The zero-order valence-electron chi connectivity index (χ0n) is 10.8. The van der Waals surface area contributed by atoms with E-state index in [9.17, 15) is 9.59 Å². The molecule has 1 aromatic rings. The lowest BCUT2D eigenvalue weighted by atomic mass is 10.1. The summed E-state index contributed by atoms with van der Waals surface area (Å²) in [4.78, 5) is 25.5. The number of benzene rings is 1. The first-order valence-electron chi connectivity index (χ1n) is 6.32. The Labute approximate surface area is 122 Å². The summed E-state index contributed by atoms with van der Waals surface area (Å²) in [6.07, 6.45) is 1.10. The van der Waals surface area contributed by atoms with Crippen LogP contribution in [0.25, 0.3) is 0 Å². The van der Waals surface area contributed by atoms with E-state index < -0.39 is 0 Å². The van der Waals surface area contributed by atoms with Crippen molar-refractivity contribution in [3.05, 3.63) is 35.4 Å². The number of fused-ring (bicyclic) bond motifs is 1. The summed E-state index contributed by atoms with van der Waals surface area (Å²) in [6.45, 7) is 2.39. The predicted molar refractivity (Wildman–Crippen MR) is 79.1 cm³/mol. The van der Waals surface area contributed by atoms with Gasteiger partial charge in [-0.25, -0.2) is 0 Å². The number of carbonyl (C=O) groups excluding carboxylic acids is 2. The van der Waals surface area contributed by atoms with Crippen LogP contribution in [0.3, 0.4) is 0 Å². The van der Waals surface area contributed by atoms with Gasteiger partial charge in [-0.2, -0.15) is 11.8 Å². The normalized spacial score (nSPS) is 15.8. The van der Waals surface area contributed by atoms with E-state index >= 15 is 0 Å². The molecule has 0 saturated heterocycles. The number of hydrogen-bond acceptors (Lipinski definition) is 3. The van der Waals surface area contributed by atoms with Gasteiger partial charge in [0.05, 0.1) is 16.5 Å². The van der Waals surface area contributed by atoms with Gasteiger partial charge in [0.2, 0.25) is 0 Å². The van der Waals surface area contributed by atoms with Crippen LogP contribution in [0.2, 0.25) is 0 Å². The third-order valence-corrected chi connectivity index (χ3v) is 4.72. The summed E-state index contributed by atoms with van der Waals surface area (Å²) in [7, 11) is 0. The molecule has 2 rings (SSSR count). The molecule has 0 saturated carbocycles. The Morgan fingerprint density at radius 2 is 1.79 bits per heavy atom. The number of imide groups is 1. The van der Waals surface area contributed by atoms with Gasteiger partial charge in [0.25, 0.3) is 11.8 Å². The summed E-state index contributed by atoms with van der Waals surface area (Å²) in [6, 6.07) is 6.90. The number of amides is 2. The number of hydrogen-bond donors (Lipinski definition) is 0. The lowest BCUT2D eigenvalue weighted by Gasteiger charge is -2.17. The highest BCUT2D eigenvalue weighted by atomic mass is 35.5. The molecule has 0 aromatic heterocycles. The lowest BCUT2D eigenvalue weighted by molar-refractivity contribution is 0.0656. The van der Waals surface area contributed by atoms with Gasteiger partial charge >= 0.3 is 0 Å². The summed E-state index contributed by atoms with van der Waals surface area (Å²) in [5.74, 6) is 1.34. The summed E-state index contributed by atoms with van der Waals surface area (Å²) >= 11 is 7.95. The van der Waals surface area contributed by atoms with E-state index in [1.165, 1.54) is 4.90 Å². The smallest absolute Gasteiger partial charge is 0.261 e. The fourth-order valence-electron chi connectivity index (χ4n) is 2.01. The Balaban J connectivity index is 2.00. The van der Waals surface area contributed by atoms with Crippen molar-refractivity contribution in [2.24, 2.45) is 0 Å². The fourth-order valence-corrected chi connectivity index (χ4v) is 3.23. The quantitative estimate of drug-likeness (QED) is 0.460. The van der Waals surface area contributed by atoms with Crippen LogP contribution in [-0.2, 0) is 0 Å². The Bertz CT molecular complexity index is 457. The molecule has 1 heterocycles. The largest absolute Gasteiger partial charge is 0.273 e. The van der Waals surface area contributed by atoms with Crippen molar-refractivity contribution in [2.45, 2.75) is 18.7 Å². The molecule has 0 N–H and O–H groups in total. The van der Waals surface area contributed by atoms with Gasteiger partial charge in [0.1, 0.15) is 0 Å². The average molecular weight is 298 g/mol. The standard InChI is InChI=1S/C14H16ClNO2S/c1-2-7-19-9-10(15)8-16-13(17)11-5-3-4-6-12(11)14(16)18/h3-6,10H,2,7-9H2,1H3. The van der Waals surface area contributed by atoms with Crippen molar-refractivity contribution < 1.29 is 9.59 Å². The van der Waals surface area contributed by atoms with Gasteiger partial charge in [-0.15, -0.1) is 11.6 Å². The Morgan fingerprint density at radius 3 is 2.32 bits per heavy atom. The van der Waals surface area contributed by atoms with Crippen molar-refractivity contribution in [3.63, 3.8) is 0 Å². The molecule has 0 aliphatic carbocycles. The number of halogens is 1. The van der Waals surface area contributed by atoms with Gasteiger partial charge in [0.15, 0.2) is 0 Å². The topological polar surface area (TPSA) is 37.4 Å². The van der Waals surface area contributed by atoms with Gasteiger partial charge in [-0.3, -0.25) is 14.5 Å². The van der Waals surface area contributed by atoms with E-state index in [-0.39, 0.29) is 23.7 Å². The predicted octanol–water partition coefficient (Wildman–Crippen LogP) is 3.03. The lowest BCUT2D eigenvalue weighted by Crippen LogP contribution is -2.35. The molecule has 1 aliphatic heterocycles. The molecule has 0 spiro atoms. The van der Waals surface area contributed by atoms with E-state index in [4.69, 9.17) is 11.6 Å². The zero-order valence-corrected chi connectivity index (χ0v) is 12.3. The Hall–Kier alpha value is -1.00. The second-order valence-corrected chi connectivity index (χ2v) is 6.21. The highest BCUT2D eigenvalue weighted by Crippen LogP contribution is 2.23. The second kappa shape index (κ2) is 6.44. The van der Waals surface area contributed by atoms with Crippen LogP contribution in [0.4, 0.5) is 0 Å². The zero-order chi connectivity index (χ0) is 13.8. The van der Waals surface area contributed by atoms with Crippen LogP contribution in [0.1, 0.15) is 34.1 Å². The van der Waals surface area contributed by atoms with E-state index in [0.717, 1.165) is 17.9 Å². The number of alkyl halides is 1. The third-order valence-electron chi connectivity index (χ3n) is 2.91. The van der Waals surface area contributed by atoms with Crippen LogP contribution >= 0.6 is 23.4 Å². The minimum atomic E-state index is -0.230. The van der Waals surface area contributed by atoms with Crippen molar-refractivity contribution in [1.29, 1.82) is 0 Å². The number of nitrogens with zero attached hydrogens (tertiary/aromatic N) is 1. The molecule has 0 fully saturated rings. The maximum Gasteiger partial charge on any atom is 0.261 e. The first-order valence-corrected chi connectivity index (χ1v) is 7.91. The molecule has 2 amide bonds. The average Bonchev–Trinajstić information content (AvgIpc) is 2.65. The first-order chi connectivity index (χ1) is 9.15. The number of carbonyl (C=O) groups is 2. The van der Waals surface area contributed by atoms with Crippen LogP contribution in [-0.4, -0.2) is 40.1 Å². The molecule has 0 bridgehead atoms. The monoisotopic (exact) mass is 297 g/mol. The molecule has 102 valence electrons. The molecule has 1 aliphatic rings. The van der Waals surface area contributed by atoms with Crippen molar-refractivity contribution in [1.82, 2.24) is 4.90 Å². The molecular weight excluding hydrogens is 282 g/mol. The minimum Gasteiger partial charge on any atom is -0.273 e. The molecule has 5 heteroatoms. The van der Waals surface area contributed by atoms with Crippen LogP contribution in [0.5, 0.6) is 0 Å². The maximum atomic E-state index is 12.1. The second-order valence-electron chi connectivity index (χ2n) is 4.44. The molecular formula is C14H16ClNO2S. The molecule has 3 nitrogen and oxygen atoms in total. The Morgan fingerprint density at radius 1 is 1.21 bits per heavy atom. The van der Waals surface area contributed by atoms with E-state index in [0.29, 0.717) is 11.1 Å². The van der Waals surface area contributed by atoms with Gasteiger partial charge in [-0.1, -0.05) is 19.1 Å². The summed E-state index contributed by atoms with van der Waals surface area (Å²) < 4.78 is 0. The van der Waals surface area contributed by atoms with Crippen molar-refractivity contribution >= 4 is 35.2 Å². The highest BCUT2D eigenvalue weighted by molar-refractivity contribution is 7.99. The van der Waals surface area contributed by atoms with Crippen molar-refractivity contribution in [2.75, 3.05) is 18.1 Å². The first kappa shape index (κ1) is 14.4.